The van der Waals surface area contributed by atoms with Gasteiger partial charge in [-0.1, -0.05) is 11.6 Å². The van der Waals surface area contributed by atoms with E-state index in [0.717, 1.165) is 10.0 Å². The van der Waals surface area contributed by atoms with Crippen LogP contribution in [0.5, 0.6) is 5.75 Å². The van der Waals surface area contributed by atoms with Gasteiger partial charge >= 0.3 is 0 Å². The van der Waals surface area contributed by atoms with Crippen LogP contribution in [0.3, 0.4) is 0 Å². The monoisotopic (exact) mass is 339 g/mol. The summed E-state index contributed by atoms with van der Waals surface area (Å²) in [6.07, 6.45) is 3.43. The zero-order valence-corrected chi connectivity index (χ0v) is 12.2. The largest absolute Gasteiger partial charge is 0.487 e. The number of hydrogen-bond acceptors (Lipinski definition) is 3. The van der Waals surface area contributed by atoms with Gasteiger partial charge in [-0.25, -0.2) is 0 Å². The van der Waals surface area contributed by atoms with Crippen LogP contribution in [0.2, 0.25) is 5.02 Å². The van der Waals surface area contributed by atoms with Gasteiger partial charge in [-0.3, -0.25) is 10.4 Å². The Labute approximate surface area is 124 Å². The molecule has 1 heterocycles. The third-order valence-electron chi connectivity index (χ3n) is 2.40. The molecular formula is C13H11BrClN3O. The number of hydrogen-bond donors (Lipinski definition) is 2. The SMILES string of the molecule is N=C(N)c1ccc(OCc2cncc(Br)c2)c(Cl)c1. The summed E-state index contributed by atoms with van der Waals surface area (Å²) in [6, 6.07) is 6.93. The first-order valence-corrected chi connectivity index (χ1v) is 6.59. The quantitative estimate of drug-likeness (QED) is 0.662. The number of benzene rings is 1. The van der Waals surface area contributed by atoms with Crippen molar-refractivity contribution in [2.24, 2.45) is 5.73 Å². The summed E-state index contributed by atoms with van der Waals surface area (Å²) >= 11 is 9.42. The molecule has 98 valence electrons. The predicted molar refractivity (Wildman–Crippen MR) is 78.7 cm³/mol. The van der Waals surface area contributed by atoms with Crippen LogP contribution in [0.15, 0.2) is 41.1 Å². The van der Waals surface area contributed by atoms with E-state index in [1.165, 1.54) is 0 Å². The first-order chi connectivity index (χ1) is 9.06. The molecule has 0 aliphatic heterocycles. The molecule has 1 aromatic heterocycles. The Balaban J connectivity index is 2.10. The lowest BCUT2D eigenvalue weighted by Crippen LogP contribution is -2.10. The standard InChI is InChI=1S/C13H11BrClN3O/c14-10-3-8(5-18-6-10)7-19-12-2-1-9(13(16)17)4-11(12)15/h1-6H,7H2,(H3,16,17). The number of amidine groups is 1. The van der Waals surface area contributed by atoms with Gasteiger partial charge < -0.3 is 10.5 Å². The van der Waals surface area contributed by atoms with E-state index < -0.39 is 0 Å². The second-order valence-electron chi connectivity index (χ2n) is 3.86. The molecule has 0 spiro atoms. The van der Waals surface area contributed by atoms with Crippen LogP contribution in [0, 0.1) is 5.41 Å². The Morgan fingerprint density at radius 2 is 2.16 bits per heavy atom. The number of halogens is 2. The third-order valence-corrected chi connectivity index (χ3v) is 3.13. The molecule has 0 radical (unpaired) electrons. The lowest BCUT2D eigenvalue weighted by atomic mass is 10.2. The smallest absolute Gasteiger partial charge is 0.138 e. The van der Waals surface area contributed by atoms with E-state index in [4.69, 9.17) is 27.5 Å². The number of rotatable bonds is 4. The molecule has 19 heavy (non-hydrogen) atoms. The summed E-state index contributed by atoms with van der Waals surface area (Å²) in [5.41, 5.74) is 6.89. The maximum Gasteiger partial charge on any atom is 0.138 e. The topological polar surface area (TPSA) is 72.0 Å². The normalized spacial score (nSPS) is 10.2. The molecule has 0 saturated heterocycles. The Bertz CT molecular complexity index is 619. The zero-order valence-electron chi connectivity index (χ0n) is 9.86. The molecular weight excluding hydrogens is 330 g/mol. The average Bonchev–Trinajstić information content (AvgIpc) is 2.37. The van der Waals surface area contributed by atoms with Crippen LogP contribution in [0.1, 0.15) is 11.1 Å². The Kier molecular flexibility index (Phi) is 4.39. The Morgan fingerprint density at radius 3 is 2.79 bits per heavy atom. The van der Waals surface area contributed by atoms with Crippen molar-refractivity contribution in [3.05, 3.63) is 57.3 Å². The average molecular weight is 341 g/mol. The lowest BCUT2D eigenvalue weighted by molar-refractivity contribution is 0.306. The first-order valence-electron chi connectivity index (χ1n) is 5.42. The summed E-state index contributed by atoms with van der Waals surface area (Å²) < 4.78 is 6.50. The van der Waals surface area contributed by atoms with Gasteiger partial charge in [0.05, 0.1) is 5.02 Å². The minimum atomic E-state index is -0.0235. The number of aromatic nitrogens is 1. The highest BCUT2D eigenvalue weighted by Gasteiger charge is 2.05. The molecule has 0 saturated carbocycles. The van der Waals surface area contributed by atoms with E-state index >= 15 is 0 Å². The van der Waals surface area contributed by atoms with Crippen LogP contribution in [-0.2, 0) is 6.61 Å². The fourth-order valence-corrected chi connectivity index (χ4v) is 2.13. The lowest BCUT2D eigenvalue weighted by Gasteiger charge is -2.09. The highest BCUT2D eigenvalue weighted by molar-refractivity contribution is 9.10. The minimum Gasteiger partial charge on any atom is -0.487 e. The number of nitrogens with one attached hydrogen (secondary N) is 1. The van der Waals surface area contributed by atoms with Crippen molar-refractivity contribution >= 4 is 33.4 Å². The maximum absolute atomic E-state index is 7.33. The van der Waals surface area contributed by atoms with E-state index in [-0.39, 0.29) is 5.84 Å². The molecule has 0 aliphatic rings. The zero-order chi connectivity index (χ0) is 13.8. The number of nitrogens with two attached hydrogens (primary N) is 1. The van der Waals surface area contributed by atoms with Crippen LogP contribution in [-0.4, -0.2) is 10.8 Å². The molecule has 0 aliphatic carbocycles. The summed E-state index contributed by atoms with van der Waals surface area (Å²) in [6.45, 7) is 0.367. The van der Waals surface area contributed by atoms with Gasteiger partial charge in [0.25, 0.3) is 0 Å². The van der Waals surface area contributed by atoms with Gasteiger partial charge in [-0.15, -0.1) is 0 Å². The predicted octanol–water partition coefficient (Wildman–Crippen LogP) is 3.36. The van der Waals surface area contributed by atoms with Crippen molar-refractivity contribution in [1.82, 2.24) is 4.98 Å². The molecule has 2 rings (SSSR count). The van der Waals surface area contributed by atoms with Crippen molar-refractivity contribution in [2.75, 3.05) is 0 Å². The van der Waals surface area contributed by atoms with Gasteiger partial charge in [0, 0.05) is 28.0 Å². The molecule has 0 amide bonds. The minimum absolute atomic E-state index is 0.0235. The van der Waals surface area contributed by atoms with Crippen LogP contribution in [0.4, 0.5) is 0 Å². The number of pyridine rings is 1. The number of nitrogens with zero attached hydrogens (tertiary/aromatic N) is 1. The Morgan fingerprint density at radius 1 is 1.37 bits per heavy atom. The molecule has 3 N–H and O–H groups in total. The first kappa shape index (κ1) is 13.8. The number of nitrogen functional groups attached to an aromatic ring is 1. The molecule has 6 heteroatoms. The van der Waals surface area contributed by atoms with Gasteiger partial charge in [-0.05, 0) is 40.2 Å². The van der Waals surface area contributed by atoms with E-state index in [2.05, 4.69) is 20.9 Å². The fourth-order valence-electron chi connectivity index (χ4n) is 1.48. The van der Waals surface area contributed by atoms with E-state index in [1.807, 2.05) is 6.07 Å². The fraction of sp³-hybridized carbons (Fsp3) is 0.0769. The van der Waals surface area contributed by atoms with Crippen LogP contribution in [0.25, 0.3) is 0 Å². The molecule has 0 unspecified atom stereocenters. The van der Waals surface area contributed by atoms with Crippen molar-refractivity contribution in [2.45, 2.75) is 6.61 Å². The highest BCUT2D eigenvalue weighted by Crippen LogP contribution is 2.26. The summed E-state index contributed by atoms with van der Waals surface area (Å²) in [5, 5.41) is 7.75. The van der Waals surface area contributed by atoms with Crippen molar-refractivity contribution in [3.8, 4) is 5.75 Å². The molecule has 0 atom stereocenters. The second-order valence-corrected chi connectivity index (χ2v) is 5.18. The summed E-state index contributed by atoms with van der Waals surface area (Å²) in [4.78, 5) is 4.05. The van der Waals surface area contributed by atoms with Crippen LogP contribution >= 0.6 is 27.5 Å². The van der Waals surface area contributed by atoms with E-state index in [1.54, 1.807) is 30.6 Å². The molecule has 4 nitrogen and oxygen atoms in total. The third kappa shape index (κ3) is 3.68. The van der Waals surface area contributed by atoms with Crippen LogP contribution < -0.4 is 10.5 Å². The van der Waals surface area contributed by atoms with Crippen molar-refractivity contribution in [3.63, 3.8) is 0 Å². The van der Waals surface area contributed by atoms with Crippen molar-refractivity contribution < 1.29 is 4.74 Å². The highest BCUT2D eigenvalue weighted by atomic mass is 79.9. The van der Waals surface area contributed by atoms with Crippen molar-refractivity contribution in [1.29, 1.82) is 5.41 Å². The molecule has 2 aromatic rings. The van der Waals surface area contributed by atoms with E-state index in [0.29, 0.717) is 22.9 Å². The van der Waals surface area contributed by atoms with Gasteiger partial charge in [0.15, 0.2) is 0 Å². The second kappa shape index (κ2) is 6.04. The molecule has 0 fully saturated rings. The van der Waals surface area contributed by atoms with E-state index in [9.17, 15) is 0 Å². The summed E-state index contributed by atoms with van der Waals surface area (Å²) in [5.74, 6) is 0.524. The van der Waals surface area contributed by atoms with Gasteiger partial charge in [-0.2, -0.15) is 0 Å². The van der Waals surface area contributed by atoms with Gasteiger partial charge in [0.2, 0.25) is 0 Å². The maximum atomic E-state index is 7.33. The summed E-state index contributed by atoms with van der Waals surface area (Å²) in [7, 11) is 0. The number of ether oxygens (including phenoxy) is 1. The molecule has 1 aromatic carbocycles. The Hall–Kier alpha value is -1.59. The molecule has 0 bridgehead atoms. The van der Waals surface area contributed by atoms with Gasteiger partial charge in [0.1, 0.15) is 18.2 Å².